The molecule has 0 fully saturated rings. The van der Waals surface area contributed by atoms with Gasteiger partial charge in [-0.2, -0.15) is 0 Å². The number of carbonyl (C=O) groups is 2. The van der Waals surface area contributed by atoms with Crippen LogP contribution in [0.5, 0.6) is 11.5 Å². The van der Waals surface area contributed by atoms with Crippen LogP contribution < -0.4 is 14.6 Å². The summed E-state index contributed by atoms with van der Waals surface area (Å²) >= 11 is 0. The number of benzene rings is 3. The van der Waals surface area contributed by atoms with Crippen LogP contribution in [0.15, 0.2) is 78.9 Å². The first-order valence-corrected chi connectivity index (χ1v) is 9.87. The van der Waals surface area contributed by atoms with Crippen molar-refractivity contribution in [3.63, 3.8) is 0 Å². The minimum absolute atomic E-state index is 0.183. The molecule has 0 amide bonds. The van der Waals surface area contributed by atoms with E-state index in [0.29, 0.717) is 12.4 Å². The second-order valence-corrected chi connectivity index (χ2v) is 6.85. The molecule has 0 saturated carbocycles. The van der Waals surface area contributed by atoms with Crippen LogP contribution in [-0.4, -0.2) is 19.0 Å². The van der Waals surface area contributed by atoms with Crippen LogP contribution in [0.3, 0.4) is 0 Å². The van der Waals surface area contributed by atoms with Gasteiger partial charge in [-0.3, -0.25) is 0 Å². The minimum atomic E-state index is -1.17. The predicted octanol–water partition coefficient (Wildman–Crippen LogP) is 3.70. The molecule has 160 valence electrons. The summed E-state index contributed by atoms with van der Waals surface area (Å²) in [6, 6.07) is 23.8. The van der Waals surface area contributed by atoms with E-state index in [1.807, 2.05) is 60.7 Å². The summed E-state index contributed by atoms with van der Waals surface area (Å²) in [6.45, 7) is 0.352. The maximum atomic E-state index is 12.3. The third-order valence-electron chi connectivity index (χ3n) is 4.66. The number of methoxy groups -OCH3 is 1. The summed E-state index contributed by atoms with van der Waals surface area (Å²) in [6.07, 6.45) is -0.591. The molecule has 0 aromatic heterocycles. The molecule has 0 radical (unpaired) electrons. The molecular weight excluding hydrogens is 396 g/mol. The van der Waals surface area contributed by atoms with E-state index in [1.54, 1.807) is 18.2 Å². The van der Waals surface area contributed by atoms with Gasteiger partial charge < -0.3 is 24.1 Å². The fourth-order valence-corrected chi connectivity index (χ4v) is 3.07. The van der Waals surface area contributed by atoms with Crippen LogP contribution in [0.2, 0.25) is 0 Å². The van der Waals surface area contributed by atoms with Crippen molar-refractivity contribution in [3.8, 4) is 11.5 Å². The molecule has 0 saturated heterocycles. The maximum Gasteiger partial charge on any atom is 0.341 e. The Bertz CT molecular complexity index is 1000. The van der Waals surface area contributed by atoms with E-state index in [4.69, 9.17) is 14.2 Å². The van der Waals surface area contributed by atoms with Crippen molar-refractivity contribution in [1.29, 1.82) is 0 Å². The summed E-state index contributed by atoms with van der Waals surface area (Å²) in [7, 11) is 1.29. The molecule has 1 unspecified atom stereocenters. The highest BCUT2D eigenvalue weighted by molar-refractivity contribution is 5.92. The van der Waals surface area contributed by atoms with E-state index in [1.165, 1.54) is 7.11 Å². The molecule has 0 aliphatic carbocycles. The molecule has 0 N–H and O–H groups in total. The van der Waals surface area contributed by atoms with Crippen molar-refractivity contribution in [3.05, 3.63) is 95.6 Å². The van der Waals surface area contributed by atoms with E-state index >= 15 is 0 Å². The standard InChI is InChI=1S/C25H24O6/c1-29-25(28)21-13-12-20(30-17-18-8-4-2-5-9-18)16-23(21)31-22(14-15-24(26)27)19-10-6-3-7-11-19/h2-13,16,22H,14-15,17H2,1H3,(H,26,27)/p-1. The van der Waals surface area contributed by atoms with Gasteiger partial charge in [0.1, 0.15) is 29.8 Å². The highest BCUT2D eigenvalue weighted by Crippen LogP contribution is 2.32. The summed E-state index contributed by atoms with van der Waals surface area (Å²) in [5.74, 6) is -0.961. The summed E-state index contributed by atoms with van der Waals surface area (Å²) in [5.41, 5.74) is 2.01. The number of aliphatic carboxylic acids is 1. The van der Waals surface area contributed by atoms with Gasteiger partial charge in [-0.25, -0.2) is 4.79 Å². The van der Waals surface area contributed by atoms with Gasteiger partial charge in [0.25, 0.3) is 0 Å². The fourth-order valence-electron chi connectivity index (χ4n) is 3.07. The van der Waals surface area contributed by atoms with E-state index < -0.39 is 18.0 Å². The topological polar surface area (TPSA) is 84.9 Å². The lowest BCUT2D eigenvalue weighted by Gasteiger charge is -2.22. The molecule has 3 aromatic carbocycles. The van der Waals surface area contributed by atoms with Crippen LogP contribution in [0.1, 0.15) is 40.4 Å². The maximum absolute atomic E-state index is 12.3. The number of rotatable bonds is 10. The van der Waals surface area contributed by atoms with Gasteiger partial charge in [-0.05, 0) is 36.1 Å². The van der Waals surface area contributed by atoms with Crippen molar-refractivity contribution in [2.45, 2.75) is 25.6 Å². The third-order valence-corrected chi connectivity index (χ3v) is 4.66. The van der Waals surface area contributed by atoms with Gasteiger partial charge in [0.15, 0.2) is 0 Å². The van der Waals surface area contributed by atoms with Gasteiger partial charge in [-0.1, -0.05) is 60.7 Å². The van der Waals surface area contributed by atoms with Crippen LogP contribution in [0.4, 0.5) is 0 Å². The lowest BCUT2D eigenvalue weighted by atomic mass is 10.0. The predicted molar refractivity (Wildman–Crippen MR) is 113 cm³/mol. The minimum Gasteiger partial charge on any atom is -0.550 e. The summed E-state index contributed by atoms with van der Waals surface area (Å²) < 4.78 is 16.8. The quantitative estimate of drug-likeness (QED) is 0.466. The molecule has 0 spiro atoms. The summed E-state index contributed by atoms with van der Waals surface area (Å²) in [4.78, 5) is 23.3. The number of esters is 1. The fraction of sp³-hybridized carbons (Fsp3) is 0.200. The summed E-state index contributed by atoms with van der Waals surface area (Å²) in [5, 5.41) is 11.0. The molecule has 0 aliphatic rings. The Morgan fingerprint density at radius 2 is 1.61 bits per heavy atom. The average molecular weight is 419 g/mol. The lowest BCUT2D eigenvalue weighted by Crippen LogP contribution is -2.23. The smallest absolute Gasteiger partial charge is 0.341 e. The average Bonchev–Trinajstić information content (AvgIpc) is 2.81. The Kier molecular flexibility index (Phi) is 7.65. The lowest BCUT2D eigenvalue weighted by molar-refractivity contribution is -0.306. The molecule has 0 heterocycles. The first kappa shape index (κ1) is 21.9. The second-order valence-electron chi connectivity index (χ2n) is 6.85. The van der Waals surface area contributed by atoms with Gasteiger partial charge >= 0.3 is 5.97 Å². The molecule has 0 bridgehead atoms. The SMILES string of the molecule is COC(=O)c1ccc(OCc2ccccc2)cc1OC(CCC(=O)[O-])c1ccccc1. The molecular formula is C25H23O6-. The highest BCUT2D eigenvalue weighted by Gasteiger charge is 2.20. The molecule has 31 heavy (non-hydrogen) atoms. The zero-order valence-electron chi connectivity index (χ0n) is 17.2. The molecule has 3 aromatic rings. The molecule has 1 atom stereocenters. The second kappa shape index (κ2) is 10.8. The molecule has 3 rings (SSSR count). The zero-order valence-corrected chi connectivity index (χ0v) is 17.2. The highest BCUT2D eigenvalue weighted by atomic mass is 16.5. The van der Waals surface area contributed by atoms with E-state index in [9.17, 15) is 14.7 Å². The third kappa shape index (κ3) is 6.34. The Balaban J connectivity index is 1.87. The van der Waals surface area contributed by atoms with Crippen LogP contribution in [0, 0.1) is 0 Å². The van der Waals surface area contributed by atoms with Gasteiger partial charge in [-0.15, -0.1) is 0 Å². The molecule has 0 aliphatic heterocycles. The number of carboxylic acids is 1. The number of carboxylic acid groups (broad SMARTS) is 1. The Morgan fingerprint density at radius 3 is 2.26 bits per heavy atom. The van der Waals surface area contributed by atoms with Crippen molar-refractivity contribution < 1.29 is 28.9 Å². The Morgan fingerprint density at radius 1 is 0.935 bits per heavy atom. The van der Waals surface area contributed by atoms with E-state index in [-0.39, 0.29) is 24.2 Å². The van der Waals surface area contributed by atoms with Gasteiger partial charge in [0, 0.05) is 12.0 Å². The van der Waals surface area contributed by atoms with Crippen molar-refractivity contribution >= 4 is 11.9 Å². The Hall–Kier alpha value is -3.80. The number of ether oxygens (including phenoxy) is 3. The number of carbonyl (C=O) groups excluding carboxylic acids is 2. The molecule has 6 nitrogen and oxygen atoms in total. The van der Waals surface area contributed by atoms with Gasteiger partial charge in [0.2, 0.25) is 0 Å². The molecule has 6 heteroatoms. The largest absolute Gasteiger partial charge is 0.550 e. The van der Waals surface area contributed by atoms with Crippen molar-refractivity contribution in [1.82, 2.24) is 0 Å². The van der Waals surface area contributed by atoms with Gasteiger partial charge in [0.05, 0.1) is 7.11 Å². The first-order chi connectivity index (χ1) is 15.1. The van der Waals surface area contributed by atoms with E-state index in [2.05, 4.69) is 0 Å². The Labute approximate surface area is 181 Å². The normalized spacial score (nSPS) is 11.4. The van der Waals surface area contributed by atoms with E-state index in [0.717, 1.165) is 11.1 Å². The monoisotopic (exact) mass is 419 g/mol. The number of hydrogen-bond donors (Lipinski definition) is 0. The first-order valence-electron chi connectivity index (χ1n) is 9.87. The van der Waals surface area contributed by atoms with Crippen LogP contribution >= 0.6 is 0 Å². The van der Waals surface area contributed by atoms with Crippen molar-refractivity contribution in [2.75, 3.05) is 7.11 Å². The van der Waals surface area contributed by atoms with Crippen molar-refractivity contribution in [2.24, 2.45) is 0 Å². The number of hydrogen-bond acceptors (Lipinski definition) is 6. The van der Waals surface area contributed by atoms with Crippen LogP contribution in [0.25, 0.3) is 0 Å². The van der Waals surface area contributed by atoms with Crippen LogP contribution in [-0.2, 0) is 16.1 Å². The zero-order chi connectivity index (χ0) is 22.1.